The number of carbonyl (C=O) groups is 1. The number of hydrogen-bond acceptors (Lipinski definition) is 3. The minimum Gasteiger partial charge on any atom is -0.496 e. The highest BCUT2D eigenvalue weighted by Gasteiger charge is 2.30. The van der Waals surface area contributed by atoms with Gasteiger partial charge in [0.2, 0.25) is 0 Å². The van der Waals surface area contributed by atoms with E-state index in [1.54, 1.807) is 13.2 Å². The average molecular weight is 328 g/mol. The Morgan fingerprint density at radius 2 is 2.05 bits per heavy atom. The number of piperidine rings is 1. The lowest BCUT2D eigenvalue weighted by Crippen LogP contribution is -2.38. The van der Waals surface area contributed by atoms with Gasteiger partial charge in [-0.1, -0.05) is 22.4 Å². The number of carboxylic acids is 1. The van der Waals surface area contributed by atoms with Gasteiger partial charge in [0.15, 0.2) is 0 Å². The Balaban J connectivity index is 2.37. The molecule has 1 aromatic carbocycles. The van der Waals surface area contributed by atoms with Crippen molar-refractivity contribution in [3.63, 3.8) is 0 Å². The molecule has 104 valence electrons. The molecule has 1 aliphatic rings. The molecule has 2 rings (SSSR count). The third kappa shape index (κ3) is 3.28. The molecule has 1 fully saturated rings. The van der Waals surface area contributed by atoms with Crippen LogP contribution in [0.15, 0.2) is 22.7 Å². The standard InChI is InChI=1S/C14H18BrNO3/c1-19-12-6-5-10(15)9-11(12)13(14(17)18)16-7-3-2-4-8-16/h5-6,9,13H,2-4,7-8H2,1H3,(H,17,18). The highest BCUT2D eigenvalue weighted by atomic mass is 79.9. The summed E-state index contributed by atoms with van der Waals surface area (Å²) in [5.74, 6) is -0.195. The SMILES string of the molecule is COc1ccc(Br)cc1C(C(=O)O)N1CCCCC1. The summed E-state index contributed by atoms with van der Waals surface area (Å²) in [4.78, 5) is 13.7. The quantitative estimate of drug-likeness (QED) is 0.923. The molecule has 1 N–H and O–H groups in total. The van der Waals surface area contributed by atoms with Gasteiger partial charge in [0.25, 0.3) is 0 Å². The molecule has 0 saturated carbocycles. The summed E-state index contributed by atoms with van der Waals surface area (Å²) >= 11 is 3.40. The molecule has 1 atom stereocenters. The molecule has 4 nitrogen and oxygen atoms in total. The first kappa shape index (κ1) is 14.3. The zero-order chi connectivity index (χ0) is 13.8. The summed E-state index contributed by atoms with van der Waals surface area (Å²) < 4.78 is 6.18. The largest absolute Gasteiger partial charge is 0.496 e. The maximum absolute atomic E-state index is 11.7. The fourth-order valence-electron chi connectivity index (χ4n) is 2.58. The summed E-state index contributed by atoms with van der Waals surface area (Å²) in [7, 11) is 1.57. The molecular weight excluding hydrogens is 310 g/mol. The van der Waals surface area contributed by atoms with Crippen LogP contribution in [0, 0.1) is 0 Å². The van der Waals surface area contributed by atoms with E-state index in [0.717, 1.165) is 30.4 Å². The predicted octanol–water partition coefficient (Wildman–Crippen LogP) is 3.07. The number of methoxy groups -OCH3 is 1. The van der Waals surface area contributed by atoms with Gasteiger partial charge < -0.3 is 9.84 Å². The molecule has 1 aliphatic heterocycles. The minimum absolute atomic E-state index is 0.626. The number of nitrogens with zero attached hydrogens (tertiary/aromatic N) is 1. The van der Waals surface area contributed by atoms with E-state index < -0.39 is 12.0 Å². The topological polar surface area (TPSA) is 49.8 Å². The monoisotopic (exact) mass is 327 g/mol. The minimum atomic E-state index is -0.821. The van der Waals surface area contributed by atoms with Gasteiger partial charge in [0.05, 0.1) is 7.11 Å². The van der Waals surface area contributed by atoms with E-state index in [4.69, 9.17) is 4.74 Å². The van der Waals surface area contributed by atoms with E-state index in [0.29, 0.717) is 11.3 Å². The van der Waals surface area contributed by atoms with Crippen LogP contribution < -0.4 is 4.74 Å². The first-order valence-corrected chi connectivity index (χ1v) is 7.23. The number of carboxylic acid groups (broad SMARTS) is 1. The Kier molecular flexibility index (Phi) is 4.82. The molecule has 0 aromatic heterocycles. The number of aliphatic carboxylic acids is 1. The van der Waals surface area contributed by atoms with Crippen LogP contribution in [0.3, 0.4) is 0 Å². The van der Waals surface area contributed by atoms with E-state index in [1.807, 2.05) is 17.0 Å². The molecule has 1 saturated heterocycles. The molecule has 1 unspecified atom stereocenters. The van der Waals surface area contributed by atoms with E-state index in [-0.39, 0.29) is 0 Å². The number of hydrogen-bond donors (Lipinski definition) is 1. The van der Waals surface area contributed by atoms with Crippen molar-refractivity contribution in [3.8, 4) is 5.75 Å². The molecule has 0 bridgehead atoms. The Bertz CT molecular complexity index is 458. The van der Waals surface area contributed by atoms with E-state index >= 15 is 0 Å². The van der Waals surface area contributed by atoms with Crippen LogP contribution >= 0.6 is 15.9 Å². The first-order chi connectivity index (χ1) is 9.13. The summed E-state index contributed by atoms with van der Waals surface area (Å²) in [5.41, 5.74) is 0.714. The van der Waals surface area contributed by atoms with Crippen molar-refractivity contribution < 1.29 is 14.6 Å². The highest BCUT2D eigenvalue weighted by molar-refractivity contribution is 9.10. The molecule has 5 heteroatoms. The van der Waals surface area contributed by atoms with Crippen molar-refractivity contribution in [1.82, 2.24) is 4.90 Å². The van der Waals surface area contributed by atoms with Gasteiger partial charge in [-0.3, -0.25) is 9.69 Å². The van der Waals surface area contributed by atoms with Gasteiger partial charge in [0, 0.05) is 10.0 Å². The summed E-state index contributed by atoms with van der Waals surface area (Å²) in [6.07, 6.45) is 3.29. The van der Waals surface area contributed by atoms with Crippen molar-refractivity contribution in [1.29, 1.82) is 0 Å². The number of likely N-dealkylation sites (tertiary alicyclic amines) is 1. The van der Waals surface area contributed by atoms with Crippen LogP contribution in [-0.2, 0) is 4.79 Å². The molecule has 0 amide bonds. The van der Waals surface area contributed by atoms with Gasteiger partial charge in [0.1, 0.15) is 11.8 Å². The average Bonchev–Trinajstić information content (AvgIpc) is 2.40. The third-order valence-corrected chi connectivity index (χ3v) is 3.97. The van der Waals surface area contributed by atoms with Crippen molar-refractivity contribution in [2.24, 2.45) is 0 Å². The number of rotatable bonds is 4. The molecule has 0 radical (unpaired) electrons. The van der Waals surface area contributed by atoms with Crippen molar-refractivity contribution in [2.45, 2.75) is 25.3 Å². The zero-order valence-corrected chi connectivity index (χ0v) is 12.5. The molecule has 1 aromatic rings. The lowest BCUT2D eigenvalue weighted by atomic mass is 10.0. The van der Waals surface area contributed by atoms with E-state index in [1.165, 1.54) is 6.42 Å². The maximum atomic E-state index is 11.7. The summed E-state index contributed by atoms with van der Waals surface area (Å²) in [6.45, 7) is 1.65. The van der Waals surface area contributed by atoms with Crippen LogP contribution in [-0.4, -0.2) is 36.2 Å². The second-order valence-electron chi connectivity index (χ2n) is 4.72. The smallest absolute Gasteiger partial charge is 0.325 e. The van der Waals surface area contributed by atoms with Crippen molar-refractivity contribution >= 4 is 21.9 Å². The zero-order valence-electron chi connectivity index (χ0n) is 10.9. The molecule has 0 aliphatic carbocycles. The number of benzene rings is 1. The van der Waals surface area contributed by atoms with Crippen LogP contribution in [0.2, 0.25) is 0 Å². The Morgan fingerprint density at radius 3 is 2.63 bits per heavy atom. The second-order valence-corrected chi connectivity index (χ2v) is 5.64. The fraction of sp³-hybridized carbons (Fsp3) is 0.500. The van der Waals surface area contributed by atoms with Gasteiger partial charge in [-0.2, -0.15) is 0 Å². The van der Waals surface area contributed by atoms with Crippen LogP contribution in [0.5, 0.6) is 5.75 Å². The van der Waals surface area contributed by atoms with E-state index in [9.17, 15) is 9.90 Å². The fourth-order valence-corrected chi connectivity index (χ4v) is 2.96. The van der Waals surface area contributed by atoms with Crippen LogP contribution in [0.25, 0.3) is 0 Å². The lowest BCUT2D eigenvalue weighted by Gasteiger charge is -2.32. The van der Waals surface area contributed by atoms with E-state index in [2.05, 4.69) is 15.9 Å². The summed E-state index contributed by atoms with van der Waals surface area (Å²) in [6, 6.07) is 4.87. The lowest BCUT2D eigenvalue weighted by molar-refractivity contribution is -0.144. The third-order valence-electron chi connectivity index (χ3n) is 3.48. The predicted molar refractivity (Wildman–Crippen MR) is 76.5 cm³/mol. The van der Waals surface area contributed by atoms with Gasteiger partial charge in [-0.15, -0.1) is 0 Å². The number of ether oxygens (including phenoxy) is 1. The van der Waals surface area contributed by atoms with Gasteiger partial charge in [-0.05, 0) is 44.1 Å². The van der Waals surface area contributed by atoms with Gasteiger partial charge in [-0.25, -0.2) is 0 Å². The van der Waals surface area contributed by atoms with Crippen LogP contribution in [0.1, 0.15) is 30.9 Å². The van der Waals surface area contributed by atoms with Crippen molar-refractivity contribution in [2.75, 3.05) is 20.2 Å². The molecule has 1 heterocycles. The van der Waals surface area contributed by atoms with Crippen LogP contribution in [0.4, 0.5) is 0 Å². The first-order valence-electron chi connectivity index (χ1n) is 6.44. The maximum Gasteiger partial charge on any atom is 0.325 e. The molecule has 0 spiro atoms. The summed E-state index contributed by atoms with van der Waals surface area (Å²) in [5, 5.41) is 9.58. The Morgan fingerprint density at radius 1 is 1.37 bits per heavy atom. The Labute approximate surface area is 121 Å². The second kappa shape index (κ2) is 6.39. The number of halogens is 1. The normalized spacial score (nSPS) is 18.0. The van der Waals surface area contributed by atoms with Crippen molar-refractivity contribution in [3.05, 3.63) is 28.2 Å². The highest BCUT2D eigenvalue weighted by Crippen LogP contribution is 2.33. The molecule has 19 heavy (non-hydrogen) atoms. The van der Waals surface area contributed by atoms with Gasteiger partial charge >= 0.3 is 5.97 Å². The molecular formula is C14H18BrNO3. The Hall–Kier alpha value is -1.07.